The molecule has 0 bridgehead atoms. The van der Waals surface area contributed by atoms with Crippen molar-refractivity contribution in [3.63, 3.8) is 0 Å². The van der Waals surface area contributed by atoms with Gasteiger partial charge in [-0.15, -0.1) is 34.2 Å². The topological polar surface area (TPSA) is 107 Å². The number of rotatable bonds is 7. The summed E-state index contributed by atoms with van der Waals surface area (Å²) < 4.78 is 9.13. The first kappa shape index (κ1) is 22.4. The fraction of sp³-hybridized carbons (Fsp3) is 0.526. The highest BCUT2D eigenvalue weighted by atomic mass is 127. The van der Waals surface area contributed by atoms with Crippen LogP contribution >= 0.6 is 24.0 Å². The third kappa shape index (κ3) is 5.25. The summed E-state index contributed by atoms with van der Waals surface area (Å²) in [7, 11) is 3.45. The molecule has 2 N–H and O–H groups in total. The lowest BCUT2D eigenvalue weighted by Gasteiger charge is -2.25. The molecule has 1 aliphatic heterocycles. The zero-order chi connectivity index (χ0) is 20.1. The Labute approximate surface area is 192 Å². The van der Waals surface area contributed by atoms with Crippen LogP contribution in [0.3, 0.4) is 0 Å². The maximum atomic E-state index is 5.13. The average Bonchev–Trinajstić information content (AvgIpc) is 3.33. The summed E-state index contributed by atoms with van der Waals surface area (Å²) in [5.74, 6) is 3.55. The highest BCUT2D eigenvalue weighted by molar-refractivity contribution is 14.0. The van der Waals surface area contributed by atoms with Crippen molar-refractivity contribution in [2.24, 2.45) is 4.99 Å². The minimum Gasteiger partial charge on any atom is -0.377 e. The molecule has 30 heavy (non-hydrogen) atoms. The van der Waals surface area contributed by atoms with Gasteiger partial charge in [-0.3, -0.25) is 9.39 Å². The fourth-order valence-corrected chi connectivity index (χ4v) is 3.57. The third-order valence-electron chi connectivity index (χ3n) is 4.99. The summed E-state index contributed by atoms with van der Waals surface area (Å²) in [5.41, 5.74) is 0.881. The van der Waals surface area contributed by atoms with E-state index in [4.69, 9.17) is 4.74 Å². The van der Waals surface area contributed by atoms with E-state index >= 15 is 0 Å². The molecule has 0 aromatic carbocycles. The van der Waals surface area contributed by atoms with E-state index in [-0.39, 0.29) is 30.0 Å². The van der Waals surface area contributed by atoms with Gasteiger partial charge in [0.05, 0.1) is 6.54 Å². The second kappa shape index (κ2) is 10.7. The lowest BCUT2D eigenvalue weighted by atomic mass is 10.1. The van der Waals surface area contributed by atoms with Crippen LogP contribution in [0.15, 0.2) is 29.4 Å². The van der Waals surface area contributed by atoms with Gasteiger partial charge in [0, 0.05) is 45.8 Å². The molecule has 0 fully saturated rings. The minimum atomic E-state index is 0. The van der Waals surface area contributed by atoms with Crippen LogP contribution in [0, 0.1) is 0 Å². The van der Waals surface area contributed by atoms with Crippen molar-refractivity contribution in [1.82, 2.24) is 40.0 Å². The van der Waals surface area contributed by atoms with E-state index in [1.165, 1.54) is 0 Å². The number of aryl methyl sites for hydroxylation is 2. The first-order chi connectivity index (χ1) is 14.3. The molecule has 3 aromatic heterocycles. The summed E-state index contributed by atoms with van der Waals surface area (Å²) in [6.45, 7) is 2.03. The van der Waals surface area contributed by atoms with Gasteiger partial charge in [-0.2, -0.15) is 5.10 Å². The van der Waals surface area contributed by atoms with Gasteiger partial charge in [-0.05, 0) is 25.0 Å². The van der Waals surface area contributed by atoms with Gasteiger partial charge in [0.25, 0.3) is 0 Å². The van der Waals surface area contributed by atoms with Crippen LogP contribution in [0.1, 0.15) is 30.3 Å². The Morgan fingerprint density at radius 2 is 2.23 bits per heavy atom. The minimum absolute atomic E-state index is 0. The quantitative estimate of drug-likeness (QED) is 0.207. The molecule has 11 heteroatoms. The fourth-order valence-electron chi connectivity index (χ4n) is 3.57. The molecular formula is C19H28IN9O. The zero-order valence-corrected chi connectivity index (χ0v) is 19.6. The van der Waals surface area contributed by atoms with Gasteiger partial charge in [-0.25, -0.2) is 9.67 Å². The maximum Gasteiger partial charge on any atom is 0.191 e. The summed E-state index contributed by atoms with van der Waals surface area (Å²) in [4.78, 5) is 8.87. The summed E-state index contributed by atoms with van der Waals surface area (Å²) in [5, 5.41) is 19.9. The Bertz CT molecular complexity index is 983. The van der Waals surface area contributed by atoms with Crippen molar-refractivity contribution in [2.75, 3.05) is 20.7 Å². The van der Waals surface area contributed by atoms with Gasteiger partial charge in [0.1, 0.15) is 18.3 Å². The second-order valence-electron chi connectivity index (χ2n) is 7.09. The summed E-state index contributed by atoms with van der Waals surface area (Å²) >= 11 is 0. The molecule has 4 heterocycles. The SMILES string of the molecule is CN=C(NCCCc1nnc2ccccn12)NC1CCc2nc(COC)nn2C1.I. The third-order valence-corrected chi connectivity index (χ3v) is 4.99. The molecule has 0 radical (unpaired) electrons. The van der Waals surface area contributed by atoms with Gasteiger partial charge in [0.2, 0.25) is 0 Å². The van der Waals surface area contributed by atoms with Crippen molar-refractivity contribution >= 4 is 35.6 Å². The maximum absolute atomic E-state index is 5.13. The molecule has 0 amide bonds. The normalized spacial score (nSPS) is 16.2. The Balaban J connectivity index is 0.00000256. The number of hydrogen-bond donors (Lipinski definition) is 2. The molecule has 0 saturated carbocycles. The Morgan fingerprint density at radius 3 is 3.07 bits per heavy atom. The number of nitrogens with zero attached hydrogens (tertiary/aromatic N) is 7. The molecule has 0 aliphatic carbocycles. The number of hydrogen-bond acceptors (Lipinski definition) is 6. The lowest BCUT2D eigenvalue weighted by Crippen LogP contribution is -2.47. The van der Waals surface area contributed by atoms with Crippen molar-refractivity contribution in [1.29, 1.82) is 0 Å². The monoisotopic (exact) mass is 525 g/mol. The molecule has 4 rings (SSSR count). The summed E-state index contributed by atoms with van der Waals surface area (Å²) in [6, 6.07) is 6.19. The highest BCUT2D eigenvalue weighted by Gasteiger charge is 2.22. The van der Waals surface area contributed by atoms with Crippen molar-refractivity contribution in [3.8, 4) is 0 Å². The lowest BCUT2D eigenvalue weighted by molar-refractivity contribution is 0.177. The van der Waals surface area contributed by atoms with E-state index in [0.717, 1.165) is 67.9 Å². The van der Waals surface area contributed by atoms with E-state index < -0.39 is 0 Å². The molecular weight excluding hydrogens is 497 g/mol. The number of aliphatic imine (C=N–C) groups is 1. The summed E-state index contributed by atoms with van der Waals surface area (Å²) in [6.07, 6.45) is 5.68. The number of methoxy groups -OCH3 is 1. The number of ether oxygens (including phenoxy) is 1. The van der Waals surface area contributed by atoms with Crippen molar-refractivity contribution < 1.29 is 4.74 Å². The molecule has 1 unspecified atom stereocenters. The molecule has 10 nitrogen and oxygen atoms in total. The Kier molecular flexibility index (Phi) is 7.96. The van der Waals surface area contributed by atoms with Crippen molar-refractivity contribution in [3.05, 3.63) is 41.9 Å². The predicted octanol–water partition coefficient (Wildman–Crippen LogP) is 1.20. The largest absolute Gasteiger partial charge is 0.377 e. The Morgan fingerprint density at radius 1 is 1.33 bits per heavy atom. The van der Waals surface area contributed by atoms with Crippen molar-refractivity contribution in [2.45, 2.75) is 44.9 Å². The number of fused-ring (bicyclic) bond motifs is 2. The van der Waals surface area contributed by atoms with Crippen LogP contribution in [0.5, 0.6) is 0 Å². The smallest absolute Gasteiger partial charge is 0.191 e. The zero-order valence-electron chi connectivity index (χ0n) is 17.3. The van der Waals surface area contributed by atoms with Crippen LogP contribution < -0.4 is 10.6 Å². The van der Waals surface area contributed by atoms with Crippen LogP contribution in [0.25, 0.3) is 5.65 Å². The first-order valence-corrected chi connectivity index (χ1v) is 9.94. The number of pyridine rings is 1. The van der Waals surface area contributed by atoms with Gasteiger partial charge < -0.3 is 15.4 Å². The first-order valence-electron chi connectivity index (χ1n) is 9.94. The average molecular weight is 525 g/mol. The van der Waals surface area contributed by atoms with E-state index in [2.05, 4.69) is 35.9 Å². The molecule has 0 spiro atoms. The number of aromatic nitrogens is 6. The van der Waals surface area contributed by atoms with Gasteiger partial charge >= 0.3 is 0 Å². The second-order valence-corrected chi connectivity index (χ2v) is 7.09. The molecule has 1 aliphatic rings. The van der Waals surface area contributed by atoms with Gasteiger partial charge in [0.15, 0.2) is 17.4 Å². The standard InChI is InChI=1S/C19H27N9O.HI/c1-20-19(21-10-5-7-18-25-24-17-6-3-4-11-27(17)18)22-14-8-9-16-23-15(13-29-2)26-28(16)12-14;/h3-4,6,11,14H,5,7-10,12-13H2,1-2H3,(H2,20,21,22);1H. The molecule has 3 aromatic rings. The van der Waals surface area contributed by atoms with Crippen LogP contribution in [-0.4, -0.2) is 62.1 Å². The van der Waals surface area contributed by atoms with E-state index in [1.807, 2.05) is 33.5 Å². The van der Waals surface area contributed by atoms with Crippen LogP contribution in [0.4, 0.5) is 0 Å². The number of halogens is 1. The molecule has 162 valence electrons. The Hall–Kier alpha value is -2.28. The molecule has 1 atom stereocenters. The predicted molar refractivity (Wildman–Crippen MR) is 124 cm³/mol. The number of nitrogens with one attached hydrogen (secondary N) is 2. The highest BCUT2D eigenvalue weighted by Crippen LogP contribution is 2.13. The van der Waals surface area contributed by atoms with E-state index in [9.17, 15) is 0 Å². The van der Waals surface area contributed by atoms with Crippen LogP contribution in [0.2, 0.25) is 0 Å². The van der Waals surface area contributed by atoms with E-state index in [0.29, 0.717) is 6.61 Å². The van der Waals surface area contributed by atoms with Gasteiger partial charge in [-0.1, -0.05) is 6.07 Å². The molecule has 0 saturated heterocycles. The van der Waals surface area contributed by atoms with E-state index in [1.54, 1.807) is 14.2 Å². The van der Waals surface area contributed by atoms with Crippen LogP contribution in [-0.2, 0) is 30.7 Å². The number of guanidine groups is 1.